The second-order valence-corrected chi connectivity index (χ2v) is 4.02. The van der Waals surface area contributed by atoms with Gasteiger partial charge in [-0.15, -0.1) is 12.4 Å². The van der Waals surface area contributed by atoms with Crippen LogP contribution >= 0.6 is 12.4 Å². The van der Waals surface area contributed by atoms with Crippen molar-refractivity contribution >= 4 is 18.3 Å². The molecule has 0 heterocycles. The zero-order valence-electron chi connectivity index (χ0n) is 11.2. The number of methoxy groups -OCH3 is 1. The van der Waals surface area contributed by atoms with Crippen LogP contribution in [-0.2, 0) is 4.74 Å². The molecular formula is C13H20ClFN2O2. The number of amides is 1. The molecule has 0 unspecified atom stereocenters. The summed E-state index contributed by atoms with van der Waals surface area (Å²) in [6.45, 7) is 4.29. The van der Waals surface area contributed by atoms with Crippen molar-refractivity contribution in [3.8, 4) is 0 Å². The minimum atomic E-state index is -0.390. The van der Waals surface area contributed by atoms with E-state index in [1.807, 2.05) is 0 Å². The molecule has 0 aromatic heterocycles. The van der Waals surface area contributed by atoms with Crippen molar-refractivity contribution in [3.05, 3.63) is 35.1 Å². The zero-order valence-corrected chi connectivity index (χ0v) is 12.0. The molecule has 108 valence electrons. The number of nitrogens with one attached hydrogen (secondary N) is 2. The van der Waals surface area contributed by atoms with E-state index in [0.717, 1.165) is 12.1 Å². The Bertz CT molecular complexity index is 382. The summed E-state index contributed by atoms with van der Waals surface area (Å²) in [5.41, 5.74) is 1.09. The average Bonchev–Trinajstić information content (AvgIpc) is 2.32. The van der Waals surface area contributed by atoms with Gasteiger partial charge in [-0.3, -0.25) is 4.79 Å². The van der Waals surface area contributed by atoms with Crippen molar-refractivity contribution in [2.75, 3.05) is 33.4 Å². The molecular weight excluding hydrogens is 271 g/mol. The fraction of sp³-hybridized carbons (Fsp3) is 0.462. The molecule has 19 heavy (non-hydrogen) atoms. The van der Waals surface area contributed by atoms with Gasteiger partial charge in [0.15, 0.2) is 0 Å². The quantitative estimate of drug-likeness (QED) is 0.749. The van der Waals surface area contributed by atoms with Crippen LogP contribution < -0.4 is 10.6 Å². The first-order chi connectivity index (χ1) is 8.63. The second kappa shape index (κ2) is 9.72. The Hall–Kier alpha value is -1.17. The number of hydrogen-bond acceptors (Lipinski definition) is 3. The van der Waals surface area contributed by atoms with Gasteiger partial charge in [0.25, 0.3) is 5.91 Å². The molecule has 0 aliphatic heterocycles. The molecule has 0 saturated carbocycles. The van der Waals surface area contributed by atoms with Crippen molar-refractivity contribution in [1.29, 1.82) is 0 Å². The summed E-state index contributed by atoms with van der Waals surface area (Å²) in [6.07, 6.45) is 0. The van der Waals surface area contributed by atoms with Crippen molar-refractivity contribution in [2.45, 2.75) is 6.92 Å². The van der Waals surface area contributed by atoms with Crippen LogP contribution in [0.15, 0.2) is 18.2 Å². The molecule has 0 radical (unpaired) electrons. The maximum absolute atomic E-state index is 13.1. The number of carbonyl (C=O) groups excluding carboxylic acids is 1. The normalized spacial score (nSPS) is 9.84. The number of halogens is 2. The van der Waals surface area contributed by atoms with Gasteiger partial charge >= 0.3 is 0 Å². The number of hydrogen-bond donors (Lipinski definition) is 2. The van der Waals surface area contributed by atoms with E-state index in [4.69, 9.17) is 4.74 Å². The van der Waals surface area contributed by atoms with E-state index in [2.05, 4.69) is 10.6 Å². The van der Waals surface area contributed by atoms with Crippen LogP contribution in [0.2, 0.25) is 0 Å². The van der Waals surface area contributed by atoms with E-state index < -0.39 is 5.82 Å². The summed E-state index contributed by atoms with van der Waals surface area (Å²) < 4.78 is 18.0. The molecule has 1 aromatic rings. The molecule has 0 spiro atoms. The molecule has 4 nitrogen and oxygen atoms in total. The van der Waals surface area contributed by atoms with Crippen LogP contribution in [0.25, 0.3) is 0 Å². The lowest BCUT2D eigenvalue weighted by Gasteiger charge is -2.07. The first-order valence-corrected chi connectivity index (χ1v) is 5.88. The van der Waals surface area contributed by atoms with Gasteiger partial charge in [0, 0.05) is 32.3 Å². The Balaban J connectivity index is 0.00000324. The fourth-order valence-electron chi connectivity index (χ4n) is 1.53. The first-order valence-electron chi connectivity index (χ1n) is 5.88. The summed E-state index contributed by atoms with van der Waals surface area (Å²) in [5, 5.41) is 5.82. The van der Waals surface area contributed by atoms with E-state index in [-0.39, 0.29) is 18.3 Å². The maximum atomic E-state index is 13.1. The van der Waals surface area contributed by atoms with Gasteiger partial charge in [0.05, 0.1) is 6.61 Å². The van der Waals surface area contributed by atoms with Crippen molar-refractivity contribution in [3.63, 3.8) is 0 Å². The van der Waals surface area contributed by atoms with Crippen LogP contribution in [0, 0.1) is 12.7 Å². The second-order valence-electron chi connectivity index (χ2n) is 4.02. The minimum Gasteiger partial charge on any atom is -0.383 e. The van der Waals surface area contributed by atoms with Gasteiger partial charge < -0.3 is 15.4 Å². The van der Waals surface area contributed by atoms with E-state index in [1.165, 1.54) is 12.1 Å². The number of carbonyl (C=O) groups is 1. The van der Waals surface area contributed by atoms with Crippen LogP contribution in [0.4, 0.5) is 4.39 Å². The molecule has 1 rings (SSSR count). The zero-order chi connectivity index (χ0) is 13.4. The molecule has 0 bridgehead atoms. The highest BCUT2D eigenvalue weighted by Gasteiger charge is 2.06. The number of rotatable bonds is 7. The number of aryl methyl sites for hydroxylation is 1. The topological polar surface area (TPSA) is 50.4 Å². The maximum Gasteiger partial charge on any atom is 0.251 e. The van der Waals surface area contributed by atoms with Crippen LogP contribution in [0.3, 0.4) is 0 Å². The number of ether oxygens (including phenoxy) is 1. The van der Waals surface area contributed by atoms with Crippen molar-refractivity contribution < 1.29 is 13.9 Å². The average molecular weight is 291 g/mol. The Morgan fingerprint density at radius 2 is 2.00 bits per heavy atom. The highest BCUT2D eigenvalue weighted by Crippen LogP contribution is 2.07. The Labute approximate surface area is 119 Å². The van der Waals surface area contributed by atoms with Gasteiger partial charge in [-0.25, -0.2) is 4.39 Å². The third kappa shape index (κ3) is 7.10. The molecule has 0 atom stereocenters. The SMILES string of the molecule is COCCNCCNC(=O)c1cc(C)cc(F)c1.Cl. The first kappa shape index (κ1) is 17.8. The highest BCUT2D eigenvalue weighted by molar-refractivity contribution is 5.94. The predicted molar refractivity (Wildman–Crippen MR) is 75.5 cm³/mol. The Kier molecular flexibility index (Phi) is 9.12. The summed E-state index contributed by atoms with van der Waals surface area (Å²) in [4.78, 5) is 11.7. The molecule has 6 heteroatoms. The summed E-state index contributed by atoms with van der Waals surface area (Å²) in [7, 11) is 1.63. The van der Waals surface area contributed by atoms with Crippen LogP contribution in [0.5, 0.6) is 0 Å². The monoisotopic (exact) mass is 290 g/mol. The molecule has 1 amide bonds. The lowest BCUT2D eigenvalue weighted by atomic mass is 10.1. The van der Waals surface area contributed by atoms with Crippen molar-refractivity contribution in [2.24, 2.45) is 0 Å². The minimum absolute atomic E-state index is 0. The third-order valence-electron chi connectivity index (χ3n) is 2.37. The van der Waals surface area contributed by atoms with E-state index in [9.17, 15) is 9.18 Å². The van der Waals surface area contributed by atoms with Crippen LogP contribution in [0.1, 0.15) is 15.9 Å². The third-order valence-corrected chi connectivity index (χ3v) is 2.37. The molecule has 2 N–H and O–H groups in total. The largest absolute Gasteiger partial charge is 0.383 e. The van der Waals surface area contributed by atoms with Gasteiger partial charge in [-0.05, 0) is 30.7 Å². The van der Waals surface area contributed by atoms with Crippen LogP contribution in [-0.4, -0.2) is 39.3 Å². The highest BCUT2D eigenvalue weighted by atomic mass is 35.5. The van der Waals surface area contributed by atoms with Gasteiger partial charge in [-0.1, -0.05) is 0 Å². The van der Waals surface area contributed by atoms with Gasteiger partial charge in [0.1, 0.15) is 5.82 Å². The lowest BCUT2D eigenvalue weighted by molar-refractivity contribution is 0.0953. The molecule has 0 aliphatic rings. The van der Waals surface area contributed by atoms with E-state index in [0.29, 0.717) is 25.3 Å². The molecule has 1 aromatic carbocycles. The van der Waals surface area contributed by atoms with Gasteiger partial charge in [0.2, 0.25) is 0 Å². The summed E-state index contributed by atoms with van der Waals surface area (Å²) in [5.74, 6) is -0.649. The van der Waals surface area contributed by atoms with Gasteiger partial charge in [-0.2, -0.15) is 0 Å². The molecule has 0 saturated heterocycles. The predicted octanol–water partition coefficient (Wildman–Crippen LogP) is 1.52. The fourth-order valence-corrected chi connectivity index (χ4v) is 1.53. The Morgan fingerprint density at radius 1 is 1.26 bits per heavy atom. The van der Waals surface area contributed by atoms with Crippen molar-refractivity contribution in [1.82, 2.24) is 10.6 Å². The van der Waals surface area contributed by atoms with E-state index in [1.54, 1.807) is 20.1 Å². The smallest absolute Gasteiger partial charge is 0.251 e. The molecule has 0 aliphatic carbocycles. The Morgan fingerprint density at radius 3 is 2.63 bits per heavy atom. The van der Waals surface area contributed by atoms with E-state index >= 15 is 0 Å². The number of benzene rings is 1. The standard InChI is InChI=1S/C13H19FN2O2.ClH/c1-10-7-11(9-12(14)8-10)13(17)16-4-3-15-5-6-18-2;/h7-9,15H,3-6H2,1-2H3,(H,16,17);1H. The summed E-state index contributed by atoms with van der Waals surface area (Å²) in [6, 6.07) is 4.29. The molecule has 0 fully saturated rings. The lowest BCUT2D eigenvalue weighted by Crippen LogP contribution is -2.33. The summed E-state index contributed by atoms with van der Waals surface area (Å²) >= 11 is 0.